The Morgan fingerprint density at radius 1 is 1.00 bits per heavy atom. The first-order chi connectivity index (χ1) is 8.58. The highest BCUT2D eigenvalue weighted by atomic mass is 16.3. The third kappa shape index (κ3) is 3.25. The van der Waals surface area contributed by atoms with Crippen LogP contribution in [0.15, 0.2) is 0 Å². The van der Waals surface area contributed by atoms with Crippen LogP contribution in [0.2, 0.25) is 0 Å². The zero-order valence-electron chi connectivity index (χ0n) is 12.2. The molecule has 1 heterocycles. The van der Waals surface area contributed by atoms with Crippen molar-refractivity contribution in [3.63, 3.8) is 0 Å². The summed E-state index contributed by atoms with van der Waals surface area (Å²) in [5, 5.41) is 13.5. The lowest BCUT2D eigenvalue weighted by Crippen LogP contribution is -2.52. The van der Waals surface area contributed by atoms with Gasteiger partial charge in [-0.15, -0.1) is 0 Å². The van der Waals surface area contributed by atoms with E-state index in [-0.39, 0.29) is 5.54 Å². The number of rotatable bonds is 2. The molecule has 1 saturated carbocycles. The van der Waals surface area contributed by atoms with Gasteiger partial charge in [0.1, 0.15) is 0 Å². The van der Waals surface area contributed by atoms with Crippen molar-refractivity contribution in [1.29, 1.82) is 0 Å². The predicted octanol–water partition coefficient (Wildman–Crippen LogP) is 2.00. The van der Waals surface area contributed by atoms with Crippen molar-refractivity contribution in [2.75, 3.05) is 32.8 Å². The summed E-state index contributed by atoms with van der Waals surface area (Å²) in [6.07, 6.45) is 7.37. The zero-order valence-corrected chi connectivity index (χ0v) is 12.2. The molecule has 2 fully saturated rings. The number of nitrogens with one attached hydrogen (secondary N) is 1. The van der Waals surface area contributed by atoms with Crippen LogP contribution in [0, 0.1) is 5.41 Å². The van der Waals surface area contributed by atoms with Gasteiger partial charge in [0, 0.05) is 25.2 Å². The molecule has 2 rings (SSSR count). The van der Waals surface area contributed by atoms with Gasteiger partial charge in [-0.2, -0.15) is 0 Å². The van der Waals surface area contributed by atoms with Crippen LogP contribution in [-0.4, -0.2) is 48.3 Å². The summed E-state index contributed by atoms with van der Waals surface area (Å²) in [4.78, 5) is 2.58. The van der Waals surface area contributed by atoms with Gasteiger partial charge in [-0.1, -0.05) is 20.3 Å². The largest absolute Gasteiger partial charge is 0.394 e. The van der Waals surface area contributed by atoms with Gasteiger partial charge < -0.3 is 10.4 Å². The van der Waals surface area contributed by atoms with E-state index in [4.69, 9.17) is 0 Å². The fourth-order valence-corrected chi connectivity index (χ4v) is 3.61. The Morgan fingerprint density at radius 2 is 1.83 bits per heavy atom. The second kappa shape index (κ2) is 5.89. The van der Waals surface area contributed by atoms with Crippen molar-refractivity contribution in [2.45, 2.75) is 57.9 Å². The minimum Gasteiger partial charge on any atom is -0.394 e. The summed E-state index contributed by atoms with van der Waals surface area (Å²) >= 11 is 0. The zero-order chi connectivity index (χ0) is 13.1. The molecule has 0 aromatic heterocycles. The summed E-state index contributed by atoms with van der Waals surface area (Å²) in [6, 6.07) is 0. The van der Waals surface area contributed by atoms with Gasteiger partial charge in [0.25, 0.3) is 0 Å². The molecular weight excluding hydrogens is 224 g/mol. The van der Waals surface area contributed by atoms with Crippen LogP contribution >= 0.6 is 0 Å². The van der Waals surface area contributed by atoms with Crippen molar-refractivity contribution in [2.24, 2.45) is 5.41 Å². The Bertz CT molecular complexity index is 259. The molecule has 0 aromatic rings. The minimum atomic E-state index is 0.0692. The summed E-state index contributed by atoms with van der Waals surface area (Å²) in [5.41, 5.74) is 0.529. The molecular formula is C15H30N2O. The Hall–Kier alpha value is -0.120. The third-order valence-electron chi connectivity index (χ3n) is 5.07. The lowest BCUT2D eigenvalue weighted by molar-refractivity contribution is 0.0191. The van der Waals surface area contributed by atoms with Crippen molar-refractivity contribution in [1.82, 2.24) is 10.2 Å². The normalized spacial score (nSPS) is 34.8. The van der Waals surface area contributed by atoms with Crippen LogP contribution in [0.25, 0.3) is 0 Å². The highest BCUT2D eigenvalue weighted by molar-refractivity contribution is 4.95. The Morgan fingerprint density at radius 3 is 2.61 bits per heavy atom. The van der Waals surface area contributed by atoms with E-state index in [9.17, 15) is 5.11 Å². The summed E-state index contributed by atoms with van der Waals surface area (Å²) in [5.74, 6) is 0. The van der Waals surface area contributed by atoms with Crippen LogP contribution in [0.5, 0.6) is 0 Å². The molecule has 0 radical (unpaired) electrons. The van der Waals surface area contributed by atoms with E-state index in [2.05, 4.69) is 24.1 Å². The first-order valence-corrected chi connectivity index (χ1v) is 7.65. The van der Waals surface area contributed by atoms with Crippen LogP contribution in [0.1, 0.15) is 52.4 Å². The Kier molecular flexibility index (Phi) is 4.68. The van der Waals surface area contributed by atoms with Crippen LogP contribution in [0.4, 0.5) is 0 Å². The molecule has 1 unspecified atom stereocenters. The number of aliphatic hydroxyl groups is 1. The molecule has 0 bridgehead atoms. The first-order valence-electron chi connectivity index (χ1n) is 7.65. The predicted molar refractivity (Wildman–Crippen MR) is 75.7 cm³/mol. The van der Waals surface area contributed by atoms with Gasteiger partial charge >= 0.3 is 0 Å². The molecule has 2 N–H and O–H groups in total. The Labute approximate surface area is 112 Å². The molecule has 0 aromatic carbocycles. The molecule has 18 heavy (non-hydrogen) atoms. The second-order valence-corrected chi connectivity index (χ2v) is 6.99. The standard InChI is InChI=1S/C15H30N2O/c1-14(2)5-3-6-15(13-18,8-7-14)17-11-4-9-16-10-12-17/h16,18H,3-13H2,1-2H3. The molecule has 1 atom stereocenters. The maximum absolute atomic E-state index is 10.0. The highest BCUT2D eigenvalue weighted by Gasteiger charge is 2.39. The van der Waals surface area contributed by atoms with E-state index in [0.717, 1.165) is 32.6 Å². The van der Waals surface area contributed by atoms with Crippen LogP contribution in [0.3, 0.4) is 0 Å². The van der Waals surface area contributed by atoms with E-state index in [1.807, 2.05) is 0 Å². The number of aliphatic hydroxyl groups excluding tert-OH is 1. The van der Waals surface area contributed by atoms with E-state index in [1.165, 1.54) is 32.1 Å². The lowest BCUT2D eigenvalue weighted by atomic mass is 9.83. The fraction of sp³-hybridized carbons (Fsp3) is 1.00. The van der Waals surface area contributed by atoms with Crippen molar-refractivity contribution in [3.8, 4) is 0 Å². The second-order valence-electron chi connectivity index (χ2n) is 6.99. The van der Waals surface area contributed by atoms with Crippen molar-refractivity contribution in [3.05, 3.63) is 0 Å². The van der Waals surface area contributed by atoms with Gasteiger partial charge in [0.05, 0.1) is 6.61 Å². The van der Waals surface area contributed by atoms with Crippen LogP contribution < -0.4 is 5.32 Å². The van der Waals surface area contributed by atoms with Crippen molar-refractivity contribution >= 4 is 0 Å². The summed E-state index contributed by atoms with van der Waals surface area (Å²) in [6.45, 7) is 9.54. The molecule has 106 valence electrons. The first kappa shape index (κ1) is 14.3. The topological polar surface area (TPSA) is 35.5 Å². The smallest absolute Gasteiger partial charge is 0.0615 e. The fourth-order valence-electron chi connectivity index (χ4n) is 3.61. The molecule has 3 heteroatoms. The van der Waals surface area contributed by atoms with Gasteiger partial charge in [-0.3, -0.25) is 4.90 Å². The Balaban J connectivity index is 2.08. The maximum Gasteiger partial charge on any atom is 0.0615 e. The average Bonchev–Trinajstić information content (AvgIpc) is 2.69. The highest BCUT2D eigenvalue weighted by Crippen LogP contribution is 2.40. The van der Waals surface area contributed by atoms with Crippen molar-refractivity contribution < 1.29 is 5.11 Å². The molecule has 0 spiro atoms. The quantitative estimate of drug-likeness (QED) is 0.740. The average molecular weight is 254 g/mol. The molecule has 1 aliphatic heterocycles. The SMILES string of the molecule is CC1(C)CCCC(CO)(N2CCCNCC2)CC1. The minimum absolute atomic E-state index is 0.0692. The lowest BCUT2D eigenvalue weighted by Gasteiger charge is -2.42. The monoisotopic (exact) mass is 254 g/mol. The van der Waals surface area contributed by atoms with Gasteiger partial charge in [0.2, 0.25) is 0 Å². The molecule has 1 saturated heterocycles. The van der Waals surface area contributed by atoms with Gasteiger partial charge in [-0.25, -0.2) is 0 Å². The van der Waals surface area contributed by atoms with Crippen LogP contribution in [-0.2, 0) is 0 Å². The molecule has 3 nitrogen and oxygen atoms in total. The van der Waals surface area contributed by atoms with E-state index < -0.39 is 0 Å². The summed E-state index contributed by atoms with van der Waals surface area (Å²) in [7, 11) is 0. The molecule has 0 amide bonds. The van der Waals surface area contributed by atoms with E-state index >= 15 is 0 Å². The molecule has 2 aliphatic rings. The van der Waals surface area contributed by atoms with Gasteiger partial charge in [-0.05, 0) is 44.1 Å². The van der Waals surface area contributed by atoms with E-state index in [0.29, 0.717) is 12.0 Å². The summed E-state index contributed by atoms with van der Waals surface area (Å²) < 4.78 is 0. The number of hydrogen-bond donors (Lipinski definition) is 2. The number of hydrogen-bond acceptors (Lipinski definition) is 3. The van der Waals surface area contributed by atoms with E-state index in [1.54, 1.807) is 0 Å². The molecule has 1 aliphatic carbocycles. The van der Waals surface area contributed by atoms with Gasteiger partial charge in [0.15, 0.2) is 0 Å². The maximum atomic E-state index is 10.0. The third-order valence-corrected chi connectivity index (χ3v) is 5.07. The number of nitrogens with zero attached hydrogens (tertiary/aromatic N) is 1.